The van der Waals surface area contributed by atoms with Crippen molar-refractivity contribution in [2.75, 3.05) is 0 Å². The summed E-state index contributed by atoms with van der Waals surface area (Å²) in [6, 6.07) is 0. The third-order valence-electron chi connectivity index (χ3n) is 0. The van der Waals surface area contributed by atoms with Crippen molar-refractivity contribution >= 4 is 300 Å². The molecule has 0 aromatic carbocycles. The summed E-state index contributed by atoms with van der Waals surface area (Å²) in [7, 11) is 0. The fourth-order valence-corrected chi connectivity index (χ4v) is 0. The van der Waals surface area contributed by atoms with Crippen LogP contribution in [0.5, 0.6) is 0 Å². The van der Waals surface area contributed by atoms with Gasteiger partial charge in [-0.3, -0.25) is 0 Å². The molecule has 0 spiro atoms. The molecule has 0 aliphatic rings. The second-order valence-electron chi connectivity index (χ2n) is 1.98. The maximum absolute atomic E-state index is 8.56. The Morgan fingerprint density at radius 1 is 0.212 bits per heavy atom. The molecule has 0 heterocycles. The second kappa shape index (κ2) is 70.3. The third-order valence-corrected chi connectivity index (χ3v) is 0. The van der Waals surface area contributed by atoms with Gasteiger partial charge in [-0.15, -0.1) is 0 Å². The van der Waals surface area contributed by atoms with Crippen LogP contribution in [0.15, 0.2) is 0 Å². The Hall–Kier alpha value is 3.07. The number of hydrogen-bond acceptors (Lipinski definition) is 7. The van der Waals surface area contributed by atoms with Crippen LogP contribution in [0.4, 0.5) is 33.6 Å². The van der Waals surface area contributed by atoms with Crippen molar-refractivity contribution in [3.63, 3.8) is 0 Å². The zero-order valence-corrected chi connectivity index (χ0v) is 12.6. The van der Waals surface area contributed by atoms with Gasteiger partial charge in [0.15, 0.2) is 0 Å². The number of carboxylic acid groups (broad SMARTS) is 14. The van der Waals surface area contributed by atoms with Crippen LogP contribution < -0.4 is 0 Å². The first kappa shape index (κ1) is 76.6. The van der Waals surface area contributed by atoms with Gasteiger partial charge >= 0.3 is 300 Å². The molecule has 33 heavy (non-hydrogen) atoms. The molecule has 0 unspecified atom stereocenters. The fourth-order valence-electron chi connectivity index (χ4n) is 0. The molecule has 0 saturated heterocycles. The quantitative estimate of drug-likeness (QED) is 0.132. The summed E-state index contributed by atoms with van der Waals surface area (Å²) < 4.78 is 0. The van der Waals surface area contributed by atoms with E-state index >= 15 is 0 Å². The van der Waals surface area contributed by atoms with Gasteiger partial charge in [0, 0.05) is 0 Å². The van der Waals surface area contributed by atoms with E-state index in [1.807, 2.05) is 0 Å². The normalized spacial score (nSPS) is 5.09. The molecule has 0 fully saturated rings. The monoisotopic (exact) mass is 634 g/mol. The van der Waals surface area contributed by atoms with Gasteiger partial charge < -0.3 is 71.5 Å². The standard InChI is InChI=1S/7CH2O3.5K.5H/c7*2-1(3)4;;;;;;;;;;/h7*(H2,2,3,4);;;;;;;;;;. The summed E-state index contributed by atoms with van der Waals surface area (Å²) in [5.74, 6) is 0. The summed E-state index contributed by atoms with van der Waals surface area (Å²) >= 11 is 0. The zero-order chi connectivity index (χ0) is 25.0. The van der Waals surface area contributed by atoms with Gasteiger partial charge in [0.1, 0.15) is 0 Å². The average molecular weight is 635 g/mol. The first-order chi connectivity index (χ1) is 12.1. The van der Waals surface area contributed by atoms with E-state index in [9.17, 15) is 0 Å². The Bertz CT molecular complexity index is 322. The number of hydrogen-bond donors (Lipinski definition) is 14. The summed E-state index contributed by atoms with van der Waals surface area (Å²) in [6.07, 6.45) is -12.8. The molecule has 0 bridgehead atoms. The number of carbonyl (C=O) groups is 7. The molecule has 0 aliphatic carbocycles. The van der Waals surface area contributed by atoms with Crippen LogP contribution in [-0.2, 0) is 0 Å². The molecule has 0 aromatic rings. The van der Waals surface area contributed by atoms with E-state index < -0.39 is 43.1 Å². The molecule has 0 aliphatic heterocycles. The molecule has 21 nitrogen and oxygen atoms in total. The van der Waals surface area contributed by atoms with Crippen LogP contribution in [0.25, 0.3) is 0 Å². The average Bonchev–Trinajstić information content (AvgIpc) is 2.20. The van der Waals surface area contributed by atoms with Crippen molar-refractivity contribution in [3.8, 4) is 0 Å². The first-order valence-electron chi connectivity index (χ1n) is 4.56. The summed E-state index contributed by atoms with van der Waals surface area (Å²) in [5, 5.41) is 97.6. The van der Waals surface area contributed by atoms with Crippen molar-refractivity contribution in [2.24, 2.45) is 0 Å². The van der Waals surface area contributed by atoms with Crippen molar-refractivity contribution in [1.29, 1.82) is 0 Å². The van der Waals surface area contributed by atoms with E-state index in [0.717, 1.165) is 0 Å². The summed E-state index contributed by atoms with van der Waals surface area (Å²) in [6.45, 7) is 0. The molecule has 26 heteroatoms. The zero-order valence-electron chi connectivity index (χ0n) is 12.6. The Kier molecular flexibility index (Phi) is 163. The van der Waals surface area contributed by atoms with Gasteiger partial charge in [-0.05, 0) is 0 Å². The number of rotatable bonds is 0. The van der Waals surface area contributed by atoms with E-state index in [0.29, 0.717) is 0 Å². The van der Waals surface area contributed by atoms with Crippen LogP contribution >= 0.6 is 0 Å². The molecule has 0 rings (SSSR count). The van der Waals surface area contributed by atoms with Gasteiger partial charge in [0.25, 0.3) is 0 Å². The van der Waals surface area contributed by atoms with Crippen LogP contribution in [-0.4, -0.2) is 372 Å². The first-order valence-corrected chi connectivity index (χ1v) is 4.56. The van der Waals surface area contributed by atoms with Crippen LogP contribution in [0.3, 0.4) is 0 Å². The minimum absolute atomic E-state index is 0. The van der Waals surface area contributed by atoms with Crippen LogP contribution in [0, 0.1) is 0 Å². The van der Waals surface area contributed by atoms with Gasteiger partial charge in [-0.25, -0.2) is 33.6 Å². The summed E-state index contributed by atoms with van der Waals surface area (Å²) in [4.78, 5) is 59.9. The van der Waals surface area contributed by atoms with Crippen LogP contribution in [0.2, 0.25) is 0 Å². The maximum atomic E-state index is 8.56. The summed E-state index contributed by atoms with van der Waals surface area (Å²) in [5.41, 5.74) is 0. The Labute approximate surface area is 394 Å². The molecule has 0 amide bonds. The third kappa shape index (κ3) is 4070. The van der Waals surface area contributed by atoms with Crippen molar-refractivity contribution in [1.82, 2.24) is 0 Å². The van der Waals surface area contributed by atoms with E-state index in [1.54, 1.807) is 0 Å². The van der Waals surface area contributed by atoms with E-state index in [-0.39, 0.29) is 257 Å². The molecule has 178 valence electrons. The van der Waals surface area contributed by atoms with Gasteiger partial charge in [-0.1, -0.05) is 0 Å². The van der Waals surface area contributed by atoms with Gasteiger partial charge in [0.05, 0.1) is 0 Å². The van der Waals surface area contributed by atoms with E-state index in [1.165, 1.54) is 0 Å². The molecule has 0 aromatic heterocycles. The molecule has 0 saturated carbocycles. The predicted octanol–water partition coefficient (Wildman–Crippen LogP) is -1.69. The predicted molar refractivity (Wildman–Crippen MR) is 110 cm³/mol. The van der Waals surface area contributed by atoms with Crippen molar-refractivity contribution in [2.45, 2.75) is 0 Å². The Morgan fingerprint density at radius 2 is 0.212 bits per heavy atom. The topological polar surface area (TPSA) is 403 Å². The molecule has 0 radical (unpaired) electrons. The fraction of sp³-hybridized carbons (Fsp3) is 0. The molecule has 14 N–H and O–H groups in total. The second-order valence-corrected chi connectivity index (χ2v) is 1.98. The Morgan fingerprint density at radius 3 is 0.212 bits per heavy atom. The van der Waals surface area contributed by atoms with Gasteiger partial charge in [0.2, 0.25) is 0 Å². The Balaban J connectivity index is -0.0000000152. The SMILES string of the molecule is O=C(O)O.O=C(O)O.O=C(O)O.O=C(O)O.O=C(O)O.O=C(O)O.O=C(O)O.[KH].[KH].[KH].[KH].[KH]. The van der Waals surface area contributed by atoms with Gasteiger partial charge in [-0.2, -0.15) is 0 Å². The molecular weight excluding hydrogens is 616 g/mol. The van der Waals surface area contributed by atoms with E-state index in [2.05, 4.69) is 0 Å². The van der Waals surface area contributed by atoms with Crippen LogP contribution in [0.1, 0.15) is 0 Å². The van der Waals surface area contributed by atoms with E-state index in [4.69, 9.17) is 105 Å². The van der Waals surface area contributed by atoms with Crippen molar-refractivity contribution < 1.29 is 105 Å². The molecular formula is C7H19K5O21. The van der Waals surface area contributed by atoms with Crippen molar-refractivity contribution in [3.05, 3.63) is 0 Å². The molecule has 0 atom stereocenters. The minimum atomic E-state index is -1.83.